The lowest BCUT2D eigenvalue weighted by atomic mass is 9.95. The largest absolute Gasteiger partial charge is 0.341 e. The van der Waals surface area contributed by atoms with Crippen LogP contribution in [-0.4, -0.2) is 39.5 Å². The van der Waals surface area contributed by atoms with Crippen LogP contribution in [0.25, 0.3) is 11.0 Å². The molecular weight excluding hydrogens is 370 g/mol. The molecule has 146 valence electrons. The van der Waals surface area contributed by atoms with Gasteiger partial charge in [0.05, 0.1) is 23.4 Å². The van der Waals surface area contributed by atoms with Crippen molar-refractivity contribution in [3.8, 4) is 0 Å². The molecule has 1 aromatic carbocycles. The fraction of sp³-hybridized carbons (Fsp3) is 0.429. The normalized spacial score (nSPS) is 23.5. The summed E-state index contributed by atoms with van der Waals surface area (Å²) < 4.78 is 2.26. The number of likely N-dealkylation sites (tertiary alicyclic amines) is 1. The molecule has 3 aromatic rings. The Bertz CT molecular complexity index is 945. The van der Waals surface area contributed by atoms with Crippen LogP contribution in [-0.2, 0) is 11.3 Å². The Morgan fingerprint density at radius 1 is 1.14 bits per heavy atom. The van der Waals surface area contributed by atoms with E-state index in [2.05, 4.69) is 56.1 Å². The first-order chi connectivity index (χ1) is 13.8. The number of hydrazine groups is 1. The van der Waals surface area contributed by atoms with Crippen molar-refractivity contribution in [1.29, 1.82) is 0 Å². The molecule has 2 unspecified atom stereocenters. The van der Waals surface area contributed by atoms with Crippen molar-refractivity contribution < 1.29 is 4.79 Å². The summed E-state index contributed by atoms with van der Waals surface area (Å²) in [5, 5.41) is 2.08. The lowest BCUT2D eigenvalue weighted by Crippen LogP contribution is -2.48. The quantitative estimate of drug-likeness (QED) is 0.713. The fourth-order valence-corrected chi connectivity index (χ4v) is 5.18. The Morgan fingerprint density at radius 2 is 2.00 bits per heavy atom. The summed E-state index contributed by atoms with van der Waals surface area (Å²) >= 11 is 1.74. The number of nitrogens with zero attached hydrogens (tertiary/aromatic N) is 3. The second-order valence-corrected chi connectivity index (χ2v) is 8.78. The number of nitrogens with one attached hydrogen (secondary N) is 2. The Balaban J connectivity index is 1.15. The van der Waals surface area contributed by atoms with Crippen LogP contribution in [0.4, 0.5) is 0 Å². The van der Waals surface area contributed by atoms with Gasteiger partial charge in [-0.1, -0.05) is 18.2 Å². The van der Waals surface area contributed by atoms with Crippen LogP contribution >= 0.6 is 11.3 Å². The summed E-state index contributed by atoms with van der Waals surface area (Å²) in [7, 11) is 0. The summed E-state index contributed by atoms with van der Waals surface area (Å²) in [4.78, 5) is 20.7. The van der Waals surface area contributed by atoms with Gasteiger partial charge in [-0.25, -0.2) is 15.8 Å². The number of benzene rings is 1. The Morgan fingerprint density at radius 3 is 2.82 bits per heavy atom. The highest BCUT2D eigenvalue weighted by Crippen LogP contribution is 2.28. The van der Waals surface area contributed by atoms with Crippen LogP contribution in [0.2, 0.25) is 0 Å². The van der Waals surface area contributed by atoms with Gasteiger partial charge in [0, 0.05) is 24.5 Å². The maximum Gasteiger partial charge on any atom is 0.241 e. The smallest absolute Gasteiger partial charge is 0.241 e. The van der Waals surface area contributed by atoms with Gasteiger partial charge in [-0.05, 0) is 48.8 Å². The molecule has 0 saturated carbocycles. The zero-order chi connectivity index (χ0) is 18.9. The van der Waals surface area contributed by atoms with Gasteiger partial charge in [0.1, 0.15) is 6.04 Å². The first-order valence-corrected chi connectivity index (χ1v) is 10.9. The number of para-hydroxylation sites is 2. The van der Waals surface area contributed by atoms with Gasteiger partial charge in [-0.15, -0.1) is 11.3 Å². The number of fused-ring (bicyclic) bond motifs is 1. The third-order valence-electron chi connectivity index (χ3n) is 6.00. The van der Waals surface area contributed by atoms with Crippen LogP contribution in [0.1, 0.15) is 30.2 Å². The zero-order valence-corrected chi connectivity index (χ0v) is 16.6. The molecule has 2 aliphatic heterocycles. The summed E-state index contributed by atoms with van der Waals surface area (Å²) in [6.07, 6.45) is 4.86. The lowest BCUT2D eigenvalue weighted by Gasteiger charge is -2.33. The molecule has 2 atom stereocenters. The summed E-state index contributed by atoms with van der Waals surface area (Å²) in [5.41, 5.74) is 8.75. The molecule has 5 rings (SSSR count). The SMILES string of the molecule is O=C(C1CC(c2cccs2)NN1)N1CCC(Cn2cnc3ccccc32)CC1. The minimum absolute atomic E-state index is 0.124. The minimum Gasteiger partial charge on any atom is -0.341 e. The van der Waals surface area contributed by atoms with E-state index in [1.165, 1.54) is 10.4 Å². The number of carbonyl (C=O) groups is 1. The first-order valence-electron chi connectivity index (χ1n) is 10.0. The molecule has 1 amide bonds. The van der Waals surface area contributed by atoms with E-state index in [4.69, 9.17) is 0 Å². The highest BCUT2D eigenvalue weighted by Gasteiger charge is 2.34. The van der Waals surface area contributed by atoms with Gasteiger partial charge in [0.2, 0.25) is 5.91 Å². The summed E-state index contributed by atoms with van der Waals surface area (Å²) in [5.74, 6) is 0.827. The number of thiophene rings is 1. The average Bonchev–Trinajstić information content (AvgIpc) is 3.49. The molecule has 7 heteroatoms. The molecule has 2 saturated heterocycles. The van der Waals surface area contributed by atoms with Crippen LogP contribution < -0.4 is 10.9 Å². The second kappa shape index (κ2) is 7.66. The van der Waals surface area contributed by atoms with E-state index in [1.807, 2.05) is 17.3 Å². The average molecular weight is 396 g/mol. The van der Waals surface area contributed by atoms with Crippen LogP contribution in [0.3, 0.4) is 0 Å². The molecule has 4 heterocycles. The minimum atomic E-state index is -0.124. The van der Waals surface area contributed by atoms with Gasteiger partial charge in [-0.3, -0.25) is 4.79 Å². The summed E-state index contributed by atoms with van der Waals surface area (Å²) in [6, 6.07) is 12.6. The molecular formula is C21H25N5OS. The van der Waals surface area contributed by atoms with Gasteiger partial charge in [0.25, 0.3) is 0 Å². The Hall–Kier alpha value is -2.22. The predicted molar refractivity (Wildman–Crippen MR) is 111 cm³/mol. The third kappa shape index (κ3) is 3.45. The van der Waals surface area contributed by atoms with Crippen molar-refractivity contribution in [1.82, 2.24) is 25.3 Å². The van der Waals surface area contributed by atoms with Crippen molar-refractivity contribution in [2.45, 2.75) is 37.9 Å². The number of hydrogen-bond acceptors (Lipinski definition) is 5. The van der Waals surface area contributed by atoms with Gasteiger partial charge in [-0.2, -0.15) is 0 Å². The monoisotopic (exact) mass is 395 g/mol. The first kappa shape index (κ1) is 17.8. The molecule has 6 nitrogen and oxygen atoms in total. The van der Waals surface area contributed by atoms with Crippen molar-refractivity contribution in [3.63, 3.8) is 0 Å². The van der Waals surface area contributed by atoms with Gasteiger partial charge < -0.3 is 9.47 Å². The Labute approximate surface area is 168 Å². The molecule has 0 spiro atoms. The highest BCUT2D eigenvalue weighted by atomic mass is 32.1. The van der Waals surface area contributed by atoms with Gasteiger partial charge >= 0.3 is 0 Å². The van der Waals surface area contributed by atoms with E-state index in [9.17, 15) is 4.79 Å². The lowest BCUT2D eigenvalue weighted by molar-refractivity contribution is -0.134. The van der Waals surface area contributed by atoms with Gasteiger partial charge in [0.15, 0.2) is 0 Å². The molecule has 2 fully saturated rings. The van der Waals surface area contributed by atoms with E-state index < -0.39 is 0 Å². The van der Waals surface area contributed by atoms with Crippen LogP contribution in [0.5, 0.6) is 0 Å². The van der Waals surface area contributed by atoms with Crippen molar-refractivity contribution in [2.75, 3.05) is 13.1 Å². The molecule has 2 aliphatic rings. The number of hydrogen-bond donors (Lipinski definition) is 2. The molecule has 28 heavy (non-hydrogen) atoms. The number of piperidine rings is 1. The fourth-order valence-electron chi connectivity index (χ4n) is 4.38. The molecule has 2 N–H and O–H groups in total. The molecule has 0 radical (unpaired) electrons. The maximum absolute atomic E-state index is 12.9. The van der Waals surface area contributed by atoms with E-state index in [0.717, 1.165) is 44.4 Å². The second-order valence-electron chi connectivity index (χ2n) is 7.80. The third-order valence-corrected chi connectivity index (χ3v) is 6.98. The predicted octanol–water partition coefficient (Wildman–Crippen LogP) is 2.94. The number of carbonyl (C=O) groups excluding carboxylic acids is 1. The zero-order valence-electron chi connectivity index (χ0n) is 15.8. The van der Waals surface area contributed by atoms with E-state index in [0.29, 0.717) is 5.92 Å². The van der Waals surface area contributed by atoms with Crippen molar-refractivity contribution in [3.05, 3.63) is 53.0 Å². The molecule has 0 bridgehead atoms. The highest BCUT2D eigenvalue weighted by molar-refractivity contribution is 7.10. The molecule has 2 aromatic heterocycles. The number of imidazole rings is 1. The van der Waals surface area contributed by atoms with Crippen LogP contribution in [0.15, 0.2) is 48.1 Å². The maximum atomic E-state index is 12.9. The number of amides is 1. The number of rotatable bonds is 4. The molecule has 0 aliphatic carbocycles. The van der Waals surface area contributed by atoms with Crippen LogP contribution in [0, 0.1) is 5.92 Å². The summed E-state index contributed by atoms with van der Waals surface area (Å²) in [6.45, 7) is 2.67. The van der Waals surface area contributed by atoms with Crippen molar-refractivity contribution in [2.24, 2.45) is 5.92 Å². The van der Waals surface area contributed by atoms with E-state index in [1.54, 1.807) is 11.3 Å². The standard InChI is InChI=1S/C21H25N5OS/c27-21(18-12-17(23-24-18)20-6-3-11-28-20)25-9-7-15(8-10-25)13-26-14-22-16-4-1-2-5-19(16)26/h1-6,11,14-15,17-18,23-24H,7-10,12-13H2. The van der Waals surface area contributed by atoms with E-state index in [-0.39, 0.29) is 18.0 Å². The topological polar surface area (TPSA) is 62.2 Å². The Kier molecular flexibility index (Phi) is 4.88. The van der Waals surface area contributed by atoms with Crippen molar-refractivity contribution >= 4 is 28.3 Å². The van der Waals surface area contributed by atoms with E-state index >= 15 is 0 Å². The number of aromatic nitrogens is 2.